The number of carbonyl (C=O) groups is 2. The zero-order chi connectivity index (χ0) is 15.4. The summed E-state index contributed by atoms with van der Waals surface area (Å²) < 4.78 is 21.8. The SMILES string of the molecule is CCOOP(=O)(CN1C(=O)NC(=O)C1(C)C)OOCC. The van der Waals surface area contributed by atoms with Crippen molar-refractivity contribution in [1.82, 2.24) is 10.2 Å². The molecule has 1 N–H and O–H groups in total. The fourth-order valence-electron chi connectivity index (χ4n) is 1.43. The monoisotopic (exact) mass is 310 g/mol. The number of carbonyl (C=O) groups excluding carboxylic acids is 2. The fourth-order valence-corrected chi connectivity index (χ4v) is 2.91. The Bertz CT molecular complexity index is 414. The summed E-state index contributed by atoms with van der Waals surface area (Å²) in [6, 6.07) is -0.680. The van der Waals surface area contributed by atoms with Crippen LogP contribution < -0.4 is 5.32 Å². The largest absolute Gasteiger partial charge is 0.403 e. The van der Waals surface area contributed by atoms with E-state index in [4.69, 9.17) is 9.35 Å². The summed E-state index contributed by atoms with van der Waals surface area (Å²) in [5.41, 5.74) is -1.17. The van der Waals surface area contributed by atoms with Crippen LogP contribution in [0, 0.1) is 0 Å². The second-order valence-electron chi connectivity index (χ2n) is 4.46. The number of nitrogens with zero attached hydrogens (tertiary/aromatic N) is 1. The Kier molecular flexibility index (Phi) is 5.67. The molecule has 0 bridgehead atoms. The lowest BCUT2D eigenvalue weighted by atomic mass is 10.1. The Morgan fingerprint density at radius 1 is 1.15 bits per heavy atom. The minimum atomic E-state index is -3.88. The molecule has 1 aliphatic heterocycles. The predicted molar refractivity (Wildman–Crippen MR) is 67.4 cm³/mol. The van der Waals surface area contributed by atoms with Crippen molar-refractivity contribution in [3.05, 3.63) is 0 Å². The maximum atomic E-state index is 12.4. The van der Waals surface area contributed by atoms with Crippen molar-refractivity contribution < 1.29 is 33.3 Å². The van der Waals surface area contributed by atoms with Gasteiger partial charge in [-0.3, -0.25) is 19.6 Å². The summed E-state index contributed by atoms with van der Waals surface area (Å²) in [6.07, 6.45) is -0.475. The maximum absolute atomic E-state index is 12.4. The lowest BCUT2D eigenvalue weighted by Gasteiger charge is -2.29. The Balaban J connectivity index is 2.86. The highest BCUT2D eigenvalue weighted by molar-refractivity contribution is 7.53. The molecule has 0 aromatic carbocycles. The van der Waals surface area contributed by atoms with Crippen LogP contribution in [-0.4, -0.2) is 41.9 Å². The normalized spacial score (nSPS) is 18.5. The van der Waals surface area contributed by atoms with E-state index in [1.165, 1.54) is 13.8 Å². The van der Waals surface area contributed by atoms with Gasteiger partial charge in [0, 0.05) is 0 Å². The smallest absolute Gasteiger partial charge is 0.298 e. The summed E-state index contributed by atoms with van der Waals surface area (Å²) in [5, 5.41) is 2.13. The summed E-state index contributed by atoms with van der Waals surface area (Å²) in [7, 11) is -3.88. The minimum absolute atomic E-state index is 0.133. The van der Waals surface area contributed by atoms with Gasteiger partial charge in [0.1, 0.15) is 11.8 Å². The number of nitrogens with one attached hydrogen (secondary N) is 1. The third-order valence-corrected chi connectivity index (χ3v) is 3.87. The van der Waals surface area contributed by atoms with Crippen molar-refractivity contribution in [2.45, 2.75) is 33.2 Å². The molecule has 0 radical (unpaired) electrons. The summed E-state index contributed by atoms with van der Waals surface area (Å²) in [5.74, 6) is -0.498. The molecule has 0 aromatic heterocycles. The number of hydrogen-bond donors (Lipinski definition) is 1. The second-order valence-corrected chi connectivity index (χ2v) is 6.26. The van der Waals surface area contributed by atoms with Gasteiger partial charge in [0.05, 0.1) is 13.2 Å². The van der Waals surface area contributed by atoms with Crippen LogP contribution in [0.4, 0.5) is 4.79 Å². The molecule has 0 aromatic rings. The van der Waals surface area contributed by atoms with Crippen LogP contribution in [0.1, 0.15) is 27.7 Å². The van der Waals surface area contributed by atoms with Gasteiger partial charge < -0.3 is 0 Å². The van der Waals surface area contributed by atoms with Crippen molar-refractivity contribution in [3.63, 3.8) is 0 Å². The molecule has 0 spiro atoms. The van der Waals surface area contributed by atoms with Crippen LogP contribution in [0.3, 0.4) is 0 Å². The Morgan fingerprint density at radius 3 is 2.00 bits per heavy atom. The molecule has 0 saturated carbocycles. The quantitative estimate of drug-likeness (QED) is 0.313. The van der Waals surface area contributed by atoms with Crippen LogP contribution in [0.5, 0.6) is 0 Å². The molecule has 116 valence electrons. The minimum Gasteiger partial charge on any atom is -0.298 e. The third kappa shape index (κ3) is 3.77. The van der Waals surface area contributed by atoms with E-state index in [-0.39, 0.29) is 13.2 Å². The standard InChI is InChI=1S/C10H19N2O7P/c1-5-16-18-20(15,19-17-6-2)7-12-9(14)11-8(13)10(12,3)4/h5-7H2,1-4H3,(H,11,13,14). The zero-order valence-electron chi connectivity index (χ0n) is 11.9. The van der Waals surface area contributed by atoms with E-state index in [0.717, 1.165) is 4.90 Å². The molecule has 10 heteroatoms. The molecule has 3 amide bonds. The van der Waals surface area contributed by atoms with Crippen LogP contribution in [0.25, 0.3) is 0 Å². The van der Waals surface area contributed by atoms with E-state index >= 15 is 0 Å². The second kappa shape index (κ2) is 6.64. The highest BCUT2D eigenvalue weighted by atomic mass is 31.2. The van der Waals surface area contributed by atoms with Crippen molar-refractivity contribution >= 4 is 19.5 Å². The van der Waals surface area contributed by atoms with E-state index in [9.17, 15) is 14.2 Å². The topological polar surface area (TPSA) is 103 Å². The first-order chi connectivity index (χ1) is 9.27. The Labute approximate surface area is 116 Å². The molecule has 1 rings (SSSR count). The average molecular weight is 310 g/mol. The number of urea groups is 1. The van der Waals surface area contributed by atoms with Gasteiger partial charge in [0.15, 0.2) is 0 Å². The Morgan fingerprint density at radius 2 is 1.65 bits per heavy atom. The number of hydrogen-bond acceptors (Lipinski definition) is 7. The molecular weight excluding hydrogens is 291 g/mol. The van der Waals surface area contributed by atoms with Crippen molar-refractivity contribution in [2.75, 3.05) is 19.5 Å². The van der Waals surface area contributed by atoms with Crippen LogP contribution in [0.15, 0.2) is 0 Å². The molecule has 1 saturated heterocycles. The third-order valence-electron chi connectivity index (χ3n) is 2.58. The van der Waals surface area contributed by atoms with Crippen molar-refractivity contribution in [1.29, 1.82) is 0 Å². The maximum Gasteiger partial charge on any atom is 0.403 e. The van der Waals surface area contributed by atoms with E-state index in [1.54, 1.807) is 13.8 Å². The fraction of sp³-hybridized carbons (Fsp3) is 0.800. The molecule has 1 heterocycles. The average Bonchev–Trinajstić information content (AvgIpc) is 2.57. The van der Waals surface area contributed by atoms with E-state index in [1.807, 2.05) is 0 Å². The van der Waals surface area contributed by atoms with Crippen LogP contribution >= 0.6 is 7.60 Å². The molecule has 9 nitrogen and oxygen atoms in total. The number of amides is 3. The number of imide groups is 1. The van der Waals surface area contributed by atoms with Gasteiger partial charge in [0.25, 0.3) is 5.91 Å². The summed E-state index contributed by atoms with van der Waals surface area (Å²) in [6.45, 7) is 6.54. The van der Waals surface area contributed by atoms with Gasteiger partial charge in [-0.1, -0.05) is 0 Å². The lowest BCUT2D eigenvalue weighted by Crippen LogP contribution is -2.44. The zero-order valence-corrected chi connectivity index (χ0v) is 12.8. The first-order valence-corrected chi connectivity index (χ1v) is 7.84. The predicted octanol–water partition coefficient (Wildman–Crippen LogP) is 1.40. The first kappa shape index (κ1) is 17.1. The van der Waals surface area contributed by atoms with Gasteiger partial charge in [0.2, 0.25) is 0 Å². The van der Waals surface area contributed by atoms with E-state index < -0.39 is 31.4 Å². The van der Waals surface area contributed by atoms with Gasteiger partial charge >= 0.3 is 13.6 Å². The van der Waals surface area contributed by atoms with E-state index in [0.29, 0.717) is 0 Å². The molecular formula is C10H19N2O7P. The first-order valence-electron chi connectivity index (χ1n) is 6.11. The number of rotatable bonds is 8. The molecule has 0 unspecified atom stereocenters. The molecule has 1 fully saturated rings. The molecule has 20 heavy (non-hydrogen) atoms. The van der Waals surface area contributed by atoms with Crippen molar-refractivity contribution in [3.8, 4) is 0 Å². The van der Waals surface area contributed by atoms with Gasteiger partial charge in [-0.05, 0) is 27.7 Å². The highest BCUT2D eigenvalue weighted by Crippen LogP contribution is 2.50. The Hall–Kier alpha value is -0.990. The van der Waals surface area contributed by atoms with Crippen molar-refractivity contribution in [2.24, 2.45) is 0 Å². The van der Waals surface area contributed by atoms with Crippen LogP contribution in [-0.2, 0) is 28.5 Å². The van der Waals surface area contributed by atoms with E-state index in [2.05, 4.69) is 15.1 Å². The summed E-state index contributed by atoms with van der Waals surface area (Å²) >= 11 is 0. The molecule has 1 aliphatic rings. The molecule has 0 atom stereocenters. The van der Waals surface area contributed by atoms with Gasteiger partial charge in [-0.25, -0.2) is 14.6 Å². The molecule has 0 aliphatic carbocycles. The van der Waals surface area contributed by atoms with Crippen LogP contribution in [0.2, 0.25) is 0 Å². The summed E-state index contributed by atoms with van der Waals surface area (Å²) in [4.78, 5) is 33.6. The van der Waals surface area contributed by atoms with Gasteiger partial charge in [-0.2, -0.15) is 0 Å². The lowest BCUT2D eigenvalue weighted by molar-refractivity contribution is -0.264. The highest BCUT2D eigenvalue weighted by Gasteiger charge is 2.49. The van der Waals surface area contributed by atoms with Gasteiger partial charge in [-0.15, -0.1) is 9.35 Å².